The first kappa shape index (κ1) is 15.7. The molecular weight excluding hydrogens is 224 g/mol. The van der Waals surface area contributed by atoms with E-state index in [2.05, 4.69) is 0 Å². The predicted octanol–water partition coefficient (Wildman–Crippen LogP) is 0.607. The summed E-state index contributed by atoms with van der Waals surface area (Å²) in [5, 5.41) is 17.5. The third kappa shape index (κ3) is 6.11. The molecule has 0 unspecified atom stereocenters. The molecule has 2 N–H and O–H groups in total. The maximum absolute atomic E-state index is 12.0. The van der Waals surface area contributed by atoms with Gasteiger partial charge in [0.2, 0.25) is 0 Å². The lowest BCUT2D eigenvalue weighted by atomic mass is 10.3. The Morgan fingerprint density at radius 2 is 1.76 bits per heavy atom. The van der Waals surface area contributed by atoms with Gasteiger partial charge in [0.15, 0.2) is 0 Å². The van der Waals surface area contributed by atoms with E-state index in [1.807, 2.05) is 13.8 Å². The molecule has 0 aliphatic heterocycles. The number of amides is 2. The number of hydrogen-bond donors (Lipinski definition) is 2. The number of urea groups is 1. The van der Waals surface area contributed by atoms with Crippen molar-refractivity contribution in [3.8, 4) is 0 Å². The lowest BCUT2D eigenvalue weighted by Gasteiger charge is -2.28. The zero-order chi connectivity index (χ0) is 13.3. The van der Waals surface area contributed by atoms with Gasteiger partial charge in [-0.05, 0) is 19.8 Å². The van der Waals surface area contributed by atoms with Crippen molar-refractivity contribution >= 4 is 12.0 Å². The highest BCUT2D eigenvalue weighted by atomic mass is 16.4. The molecule has 6 heteroatoms. The fraction of sp³-hybridized carbons (Fsp3) is 0.818. The van der Waals surface area contributed by atoms with Gasteiger partial charge in [-0.3, -0.25) is 4.79 Å². The van der Waals surface area contributed by atoms with E-state index in [-0.39, 0.29) is 19.2 Å². The van der Waals surface area contributed by atoms with Crippen molar-refractivity contribution < 1.29 is 19.8 Å². The molecule has 0 saturated carbocycles. The van der Waals surface area contributed by atoms with Crippen LogP contribution in [0.5, 0.6) is 0 Å². The van der Waals surface area contributed by atoms with Crippen LogP contribution in [0, 0.1) is 0 Å². The molecule has 0 bridgehead atoms. The van der Waals surface area contributed by atoms with Crippen LogP contribution in [-0.4, -0.2) is 64.8 Å². The van der Waals surface area contributed by atoms with Crippen LogP contribution < -0.4 is 0 Å². The number of carboxylic acids is 1. The van der Waals surface area contributed by atoms with Gasteiger partial charge in [-0.25, -0.2) is 4.79 Å². The summed E-state index contributed by atoms with van der Waals surface area (Å²) in [4.78, 5) is 25.5. The van der Waals surface area contributed by atoms with Gasteiger partial charge in [-0.1, -0.05) is 6.92 Å². The molecule has 100 valence electrons. The monoisotopic (exact) mass is 246 g/mol. The predicted molar refractivity (Wildman–Crippen MR) is 63.8 cm³/mol. The van der Waals surface area contributed by atoms with Crippen molar-refractivity contribution in [3.05, 3.63) is 0 Å². The molecule has 0 aromatic heterocycles. The van der Waals surface area contributed by atoms with Gasteiger partial charge in [0.1, 0.15) is 6.54 Å². The van der Waals surface area contributed by atoms with Crippen LogP contribution >= 0.6 is 0 Å². The number of aliphatic carboxylic acids is 1. The van der Waals surface area contributed by atoms with Crippen molar-refractivity contribution in [3.63, 3.8) is 0 Å². The molecule has 0 aliphatic rings. The second-order valence-electron chi connectivity index (χ2n) is 3.75. The summed E-state index contributed by atoms with van der Waals surface area (Å²) >= 11 is 0. The molecule has 0 heterocycles. The summed E-state index contributed by atoms with van der Waals surface area (Å²) in [6.45, 7) is 4.87. The summed E-state index contributed by atoms with van der Waals surface area (Å²) in [7, 11) is 0. The van der Waals surface area contributed by atoms with E-state index in [9.17, 15) is 9.59 Å². The van der Waals surface area contributed by atoms with Gasteiger partial charge in [-0.2, -0.15) is 0 Å². The highest BCUT2D eigenvalue weighted by Gasteiger charge is 2.20. The van der Waals surface area contributed by atoms with Gasteiger partial charge in [0, 0.05) is 26.2 Å². The Morgan fingerprint density at radius 1 is 1.12 bits per heavy atom. The number of aliphatic hydroxyl groups excluding tert-OH is 1. The molecule has 0 aliphatic carbocycles. The summed E-state index contributed by atoms with van der Waals surface area (Å²) in [5.74, 6) is -1.01. The second kappa shape index (κ2) is 8.81. The Hall–Kier alpha value is -1.30. The molecule has 6 nitrogen and oxygen atoms in total. The number of hydrogen-bond acceptors (Lipinski definition) is 3. The van der Waals surface area contributed by atoms with Crippen LogP contribution in [0.2, 0.25) is 0 Å². The SMILES string of the molecule is CCCN(CC(=O)O)C(=O)N(CC)CCCO. The van der Waals surface area contributed by atoms with Crippen LogP contribution in [0.15, 0.2) is 0 Å². The Labute approximate surface area is 102 Å². The lowest BCUT2D eigenvalue weighted by molar-refractivity contribution is -0.137. The minimum atomic E-state index is -1.01. The van der Waals surface area contributed by atoms with Gasteiger partial charge in [0.25, 0.3) is 0 Å². The topological polar surface area (TPSA) is 81.1 Å². The van der Waals surface area contributed by atoms with Crippen LogP contribution in [0.25, 0.3) is 0 Å². The molecule has 0 saturated heterocycles. The summed E-state index contributed by atoms with van der Waals surface area (Å²) < 4.78 is 0. The van der Waals surface area contributed by atoms with Crippen molar-refractivity contribution in [1.82, 2.24) is 9.80 Å². The Bertz CT molecular complexity index is 246. The average Bonchev–Trinajstić information content (AvgIpc) is 2.28. The smallest absolute Gasteiger partial charge is 0.323 e. The number of carbonyl (C=O) groups excluding carboxylic acids is 1. The molecular formula is C11H22N2O4. The fourth-order valence-corrected chi connectivity index (χ4v) is 1.53. The number of nitrogens with zero attached hydrogens (tertiary/aromatic N) is 2. The summed E-state index contributed by atoms with van der Waals surface area (Å²) in [6, 6.07) is -0.273. The first-order valence-electron chi connectivity index (χ1n) is 5.93. The normalized spacial score (nSPS) is 10.1. The number of rotatable bonds is 8. The third-order valence-electron chi connectivity index (χ3n) is 2.33. The molecule has 0 fully saturated rings. The first-order valence-corrected chi connectivity index (χ1v) is 5.93. The molecule has 0 aromatic carbocycles. The third-order valence-corrected chi connectivity index (χ3v) is 2.33. The van der Waals surface area contributed by atoms with Gasteiger partial charge < -0.3 is 20.0 Å². The van der Waals surface area contributed by atoms with Crippen molar-refractivity contribution in [1.29, 1.82) is 0 Å². The Morgan fingerprint density at radius 3 is 2.18 bits per heavy atom. The highest BCUT2D eigenvalue weighted by molar-refractivity contribution is 5.80. The second-order valence-corrected chi connectivity index (χ2v) is 3.75. The van der Waals surface area contributed by atoms with Crippen LogP contribution in [0.4, 0.5) is 4.79 Å². The number of carboxylic acid groups (broad SMARTS) is 1. The zero-order valence-corrected chi connectivity index (χ0v) is 10.6. The van der Waals surface area contributed by atoms with Crippen LogP contribution in [0.3, 0.4) is 0 Å². The average molecular weight is 246 g/mol. The van der Waals surface area contributed by atoms with E-state index in [1.54, 1.807) is 4.90 Å². The highest BCUT2D eigenvalue weighted by Crippen LogP contribution is 2.02. The molecule has 17 heavy (non-hydrogen) atoms. The molecule has 2 amide bonds. The largest absolute Gasteiger partial charge is 0.480 e. The van der Waals surface area contributed by atoms with Crippen molar-refractivity contribution in [2.45, 2.75) is 26.7 Å². The summed E-state index contributed by atoms with van der Waals surface area (Å²) in [5.41, 5.74) is 0. The zero-order valence-electron chi connectivity index (χ0n) is 10.6. The molecule has 0 rings (SSSR count). The maximum Gasteiger partial charge on any atom is 0.323 e. The van der Waals surface area contributed by atoms with Gasteiger partial charge >= 0.3 is 12.0 Å². The minimum absolute atomic E-state index is 0.0243. The minimum Gasteiger partial charge on any atom is -0.480 e. The standard InChI is InChI=1S/C11H22N2O4/c1-3-6-13(9-10(15)16)11(17)12(4-2)7-5-8-14/h14H,3-9H2,1-2H3,(H,15,16). The Kier molecular flexibility index (Phi) is 8.13. The number of carbonyl (C=O) groups is 2. The Balaban J connectivity index is 4.48. The van der Waals surface area contributed by atoms with Gasteiger partial charge in [-0.15, -0.1) is 0 Å². The quantitative estimate of drug-likeness (QED) is 0.657. The van der Waals surface area contributed by atoms with Gasteiger partial charge in [0.05, 0.1) is 0 Å². The lowest BCUT2D eigenvalue weighted by Crippen LogP contribution is -2.46. The molecule has 0 spiro atoms. The van der Waals surface area contributed by atoms with E-state index in [0.29, 0.717) is 26.1 Å². The van der Waals surface area contributed by atoms with E-state index in [0.717, 1.165) is 6.42 Å². The molecule has 0 radical (unpaired) electrons. The van der Waals surface area contributed by atoms with E-state index in [1.165, 1.54) is 4.90 Å². The van der Waals surface area contributed by atoms with Crippen molar-refractivity contribution in [2.24, 2.45) is 0 Å². The number of aliphatic hydroxyl groups is 1. The molecule has 0 aromatic rings. The van der Waals surface area contributed by atoms with Crippen LogP contribution in [0.1, 0.15) is 26.7 Å². The van der Waals surface area contributed by atoms with E-state index in [4.69, 9.17) is 10.2 Å². The van der Waals surface area contributed by atoms with Crippen LogP contribution in [-0.2, 0) is 4.79 Å². The first-order chi connectivity index (χ1) is 8.06. The maximum atomic E-state index is 12.0. The molecule has 0 atom stereocenters. The van der Waals surface area contributed by atoms with E-state index < -0.39 is 5.97 Å². The van der Waals surface area contributed by atoms with E-state index >= 15 is 0 Å². The summed E-state index contributed by atoms with van der Waals surface area (Å²) in [6.07, 6.45) is 1.23. The fourth-order valence-electron chi connectivity index (χ4n) is 1.53. The van der Waals surface area contributed by atoms with Crippen molar-refractivity contribution in [2.75, 3.05) is 32.8 Å².